The zero-order chi connectivity index (χ0) is 14.0. The zero-order valence-electron chi connectivity index (χ0n) is 11.6. The number of nitrogens with two attached hydrogens (primary N) is 1. The van der Waals surface area contributed by atoms with Gasteiger partial charge in [0.25, 0.3) is 0 Å². The van der Waals surface area contributed by atoms with Crippen molar-refractivity contribution in [3.8, 4) is 0 Å². The standard InChI is InChI=1S/C14H22N2O2S/c1-3-16(4-2)19(17,18)12-9-11-7-5-6-8-13(11)14(15)10-12/h9-10H,3-8,15H2,1-2H3. The minimum absolute atomic E-state index is 0.342. The van der Waals surface area contributed by atoms with Gasteiger partial charge in [-0.1, -0.05) is 13.8 Å². The van der Waals surface area contributed by atoms with Gasteiger partial charge in [-0.2, -0.15) is 4.31 Å². The molecule has 1 aliphatic rings. The first-order chi connectivity index (χ1) is 9.00. The zero-order valence-corrected chi connectivity index (χ0v) is 12.5. The summed E-state index contributed by atoms with van der Waals surface area (Å²) in [6.07, 6.45) is 4.15. The molecular formula is C14H22N2O2S. The van der Waals surface area contributed by atoms with Crippen LogP contribution in [-0.4, -0.2) is 25.8 Å². The van der Waals surface area contributed by atoms with Gasteiger partial charge in [0.15, 0.2) is 0 Å². The van der Waals surface area contributed by atoms with Crippen LogP contribution in [0.1, 0.15) is 37.8 Å². The van der Waals surface area contributed by atoms with E-state index in [2.05, 4.69) is 0 Å². The molecule has 106 valence electrons. The molecule has 1 aromatic rings. The van der Waals surface area contributed by atoms with Gasteiger partial charge in [-0.15, -0.1) is 0 Å². The van der Waals surface area contributed by atoms with Gasteiger partial charge in [-0.25, -0.2) is 8.42 Å². The van der Waals surface area contributed by atoms with Gasteiger partial charge >= 0.3 is 0 Å². The van der Waals surface area contributed by atoms with Gasteiger partial charge in [-0.05, 0) is 48.9 Å². The summed E-state index contributed by atoms with van der Waals surface area (Å²) in [4.78, 5) is 0.342. The molecule has 0 spiro atoms. The van der Waals surface area contributed by atoms with E-state index in [1.165, 1.54) is 4.31 Å². The van der Waals surface area contributed by atoms with Crippen LogP contribution in [0.15, 0.2) is 17.0 Å². The fraction of sp³-hybridized carbons (Fsp3) is 0.571. The molecule has 0 saturated heterocycles. The van der Waals surface area contributed by atoms with Crippen LogP contribution in [0.25, 0.3) is 0 Å². The van der Waals surface area contributed by atoms with Crippen molar-refractivity contribution in [2.45, 2.75) is 44.4 Å². The van der Waals surface area contributed by atoms with Crippen LogP contribution in [-0.2, 0) is 22.9 Å². The van der Waals surface area contributed by atoms with E-state index in [-0.39, 0.29) is 0 Å². The summed E-state index contributed by atoms with van der Waals surface area (Å²) in [6, 6.07) is 3.44. The Hall–Kier alpha value is -1.07. The van der Waals surface area contributed by atoms with Crippen molar-refractivity contribution in [1.82, 2.24) is 4.31 Å². The summed E-state index contributed by atoms with van der Waals surface area (Å²) < 4.78 is 26.5. The topological polar surface area (TPSA) is 63.4 Å². The molecule has 0 unspecified atom stereocenters. The Bertz CT molecular complexity index is 563. The van der Waals surface area contributed by atoms with Crippen molar-refractivity contribution in [3.63, 3.8) is 0 Å². The van der Waals surface area contributed by atoms with Crippen LogP contribution in [0.3, 0.4) is 0 Å². The maximum Gasteiger partial charge on any atom is 0.243 e. The van der Waals surface area contributed by atoms with Crippen molar-refractivity contribution < 1.29 is 8.42 Å². The third-order valence-electron chi connectivity index (χ3n) is 3.82. The average Bonchev–Trinajstić information content (AvgIpc) is 2.39. The number of hydrogen-bond acceptors (Lipinski definition) is 3. The second-order valence-electron chi connectivity index (χ2n) is 4.95. The summed E-state index contributed by atoms with van der Waals surface area (Å²) in [5, 5.41) is 0. The third kappa shape index (κ3) is 2.62. The van der Waals surface area contributed by atoms with E-state index in [9.17, 15) is 8.42 Å². The molecule has 0 aromatic heterocycles. The van der Waals surface area contributed by atoms with Crippen molar-refractivity contribution >= 4 is 15.7 Å². The Kier molecular flexibility index (Phi) is 4.16. The van der Waals surface area contributed by atoms with Crippen LogP contribution in [0.2, 0.25) is 0 Å². The molecule has 0 heterocycles. The van der Waals surface area contributed by atoms with Crippen LogP contribution < -0.4 is 5.73 Å². The maximum atomic E-state index is 12.5. The smallest absolute Gasteiger partial charge is 0.243 e. The lowest BCUT2D eigenvalue weighted by atomic mass is 9.91. The Morgan fingerprint density at radius 1 is 1.16 bits per heavy atom. The molecule has 0 saturated carbocycles. The Morgan fingerprint density at radius 3 is 2.42 bits per heavy atom. The van der Waals surface area contributed by atoms with Gasteiger partial charge < -0.3 is 5.73 Å². The minimum Gasteiger partial charge on any atom is -0.398 e. The second-order valence-corrected chi connectivity index (χ2v) is 6.88. The number of anilines is 1. The quantitative estimate of drug-likeness (QED) is 0.861. The lowest BCUT2D eigenvalue weighted by molar-refractivity contribution is 0.445. The molecule has 1 aromatic carbocycles. The van der Waals surface area contributed by atoms with Crippen LogP contribution in [0, 0.1) is 0 Å². The Morgan fingerprint density at radius 2 is 1.79 bits per heavy atom. The molecule has 0 amide bonds. The van der Waals surface area contributed by atoms with E-state index in [0.717, 1.165) is 36.8 Å². The van der Waals surface area contributed by atoms with Gasteiger partial charge in [0.2, 0.25) is 10.0 Å². The summed E-state index contributed by atoms with van der Waals surface area (Å²) in [5.41, 5.74) is 8.92. The molecule has 4 nitrogen and oxygen atoms in total. The lowest BCUT2D eigenvalue weighted by Crippen LogP contribution is -2.31. The number of fused-ring (bicyclic) bond motifs is 1. The highest BCUT2D eigenvalue weighted by Crippen LogP contribution is 2.30. The minimum atomic E-state index is -3.40. The number of benzene rings is 1. The highest BCUT2D eigenvalue weighted by atomic mass is 32.2. The van der Waals surface area contributed by atoms with Crippen molar-refractivity contribution in [2.24, 2.45) is 0 Å². The highest BCUT2D eigenvalue weighted by Gasteiger charge is 2.24. The normalized spacial score (nSPS) is 15.5. The number of hydrogen-bond donors (Lipinski definition) is 1. The van der Waals surface area contributed by atoms with E-state index in [0.29, 0.717) is 23.7 Å². The van der Waals surface area contributed by atoms with Gasteiger partial charge in [0.1, 0.15) is 0 Å². The van der Waals surface area contributed by atoms with Crippen LogP contribution in [0.4, 0.5) is 5.69 Å². The molecule has 2 rings (SSSR count). The second kappa shape index (κ2) is 5.51. The van der Waals surface area contributed by atoms with Crippen LogP contribution >= 0.6 is 0 Å². The van der Waals surface area contributed by atoms with E-state index in [1.54, 1.807) is 6.07 Å². The summed E-state index contributed by atoms with van der Waals surface area (Å²) in [7, 11) is -3.40. The molecule has 5 heteroatoms. The molecule has 19 heavy (non-hydrogen) atoms. The molecule has 0 fully saturated rings. The maximum absolute atomic E-state index is 12.5. The summed E-state index contributed by atoms with van der Waals surface area (Å²) >= 11 is 0. The predicted molar refractivity (Wildman–Crippen MR) is 77.6 cm³/mol. The molecule has 0 radical (unpaired) electrons. The number of nitrogen functional groups attached to an aromatic ring is 1. The number of sulfonamides is 1. The van der Waals surface area contributed by atoms with Gasteiger partial charge in [-0.3, -0.25) is 0 Å². The van der Waals surface area contributed by atoms with E-state index < -0.39 is 10.0 Å². The predicted octanol–water partition coefficient (Wildman–Crippen LogP) is 2.18. The number of rotatable bonds is 4. The fourth-order valence-electron chi connectivity index (χ4n) is 2.73. The lowest BCUT2D eigenvalue weighted by Gasteiger charge is -2.22. The fourth-order valence-corrected chi connectivity index (χ4v) is 4.28. The molecule has 0 bridgehead atoms. The van der Waals surface area contributed by atoms with E-state index in [1.807, 2.05) is 19.9 Å². The first-order valence-electron chi connectivity index (χ1n) is 6.92. The summed E-state index contributed by atoms with van der Waals surface area (Å²) in [6.45, 7) is 4.66. The third-order valence-corrected chi connectivity index (χ3v) is 5.84. The summed E-state index contributed by atoms with van der Waals surface area (Å²) in [5.74, 6) is 0. The van der Waals surface area contributed by atoms with Crippen molar-refractivity contribution in [1.29, 1.82) is 0 Å². The molecular weight excluding hydrogens is 260 g/mol. The first kappa shape index (κ1) is 14.3. The SMILES string of the molecule is CCN(CC)S(=O)(=O)c1cc(N)c2c(c1)CCCC2. The van der Waals surface area contributed by atoms with Crippen LogP contribution in [0.5, 0.6) is 0 Å². The number of nitrogens with zero attached hydrogens (tertiary/aromatic N) is 1. The average molecular weight is 282 g/mol. The molecule has 0 atom stereocenters. The first-order valence-corrected chi connectivity index (χ1v) is 8.36. The van der Waals surface area contributed by atoms with E-state index in [4.69, 9.17) is 5.73 Å². The monoisotopic (exact) mass is 282 g/mol. The van der Waals surface area contributed by atoms with E-state index >= 15 is 0 Å². The van der Waals surface area contributed by atoms with Crippen molar-refractivity contribution in [3.05, 3.63) is 23.3 Å². The van der Waals surface area contributed by atoms with Crippen molar-refractivity contribution in [2.75, 3.05) is 18.8 Å². The number of aryl methyl sites for hydroxylation is 1. The molecule has 2 N–H and O–H groups in total. The molecule has 1 aliphatic carbocycles. The van der Waals surface area contributed by atoms with Gasteiger partial charge in [0.05, 0.1) is 4.90 Å². The Labute approximate surface area is 115 Å². The Balaban J connectivity index is 2.49. The highest BCUT2D eigenvalue weighted by molar-refractivity contribution is 7.89. The molecule has 0 aliphatic heterocycles. The van der Waals surface area contributed by atoms with Gasteiger partial charge in [0, 0.05) is 18.8 Å². The largest absolute Gasteiger partial charge is 0.398 e.